The third-order valence-electron chi connectivity index (χ3n) is 3.17. The molecule has 0 bridgehead atoms. The molecule has 1 amide bonds. The highest BCUT2D eigenvalue weighted by atomic mass is 35.5. The number of aromatic hydroxyl groups is 1. The molecular weight excluding hydrogens is 288 g/mol. The zero-order valence-electron chi connectivity index (χ0n) is 11.7. The van der Waals surface area contributed by atoms with E-state index in [0.29, 0.717) is 10.7 Å². The summed E-state index contributed by atoms with van der Waals surface area (Å²) in [4.78, 5) is 15.9. The smallest absolute Gasteiger partial charge is 0.251 e. The summed E-state index contributed by atoms with van der Waals surface area (Å²) in [7, 11) is 0. The average molecular weight is 305 g/mol. The summed E-state index contributed by atoms with van der Waals surface area (Å²) in [5, 5.41) is 12.5. The molecular formula is C16H17ClN2O2. The van der Waals surface area contributed by atoms with Crippen molar-refractivity contribution in [2.24, 2.45) is 0 Å². The largest absolute Gasteiger partial charge is 0.508 e. The van der Waals surface area contributed by atoms with E-state index in [1.807, 2.05) is 19.1 Å². The van der Waals surface area contributed by atoms with E-state index in [1.54, 1.807) is 24.3 Å². The van der Waals surface area contributed by atoms with Gasteiger partial charge in [-0.1, -0.05) is 23.7 Å². The van der Waals surface area contributed by atoms with Gasteiger partial charge in [0.2, 0.25) is 0 Å². The number of halogens is 1. The van der Waals surface area contributed by atoms with E-state index in [-0.39, 0.29) is 17.7 Å². The Morgan fingerprint density at radius 2 is 2.05 bits per heavy atom. The lowest BCUT2D eigenvalue weighted by Crippen LogP contribution is -2.32. The second-order valence-electron chi connectivity index (χ2n) is 4.95. The molecule has 21 heavy (non-hydrogen) atoms. The van der Waals surface area contributed by atoms with Crippen molar-refractivity contribution in [3.05, 3.63) is 58.9 Å². The highest BCUT2D eigenvalue weighted by Gasteiger charge is 2.10. The van der Waals surface area contributed by atoms with Crippen LogP contribution in [0.5, 0.6) is 5.75 Å². The molecule has 1 aromatic carbocycles. The van der Waals surface area contributed by atoms with Crippen LogP contribution in [0.15, 0.2) is 42.6 Å². The van der Waals surface area contributed by atoms with Gasteiger partial charge >= 0.3 is 0 Å². The predicted molar refractivity (Wildman–Crippen MR) is 82.6 cm³/mol. The van der Waals surface area contributed by atoms with Gasteiger partial charge in [0.25, 0.3) is 5.91 Å². The van der Waals surface area contributed by atoms with Crippen molar-refractivity contribution >= 4 is 17.5 Å². The molecule has 0 aliphatic rings. The number of carbonyl (C=O) groups is 1. The Morgan fingerprint density at radius 3 is 2.71 bits per heavy atom. The number of benzene rings is 1. The number of pyridine rings is 1. The quantitative estimate of drug-likeness (QED) is 0.834. The minimum atomic E-state index is -0.155. The lowest BCUT2D eigenvalue weighted by molar-refractivity contribution is 0.0938. The summed E-state index contributed by atoms with van der Waals surface area (Å²) in [6, 6.07) is 10.3. The maximum atomic E-state index is 12.0. The van der Waals surface area contributed by atoms with E-state index < -0.39 is 0 Å². The maximum Gasteiger partial charge on any atom is 0.251 e. The number of amides is 1. The van der Waals surface area contributed by atoms with E-state index >= 15 is 0 Å². The van der Waals surface area contributed by atoms with Crippen LogP contribution in [0.3, 0.4) is 0 Å². The Labute approximate surface area is 128 Å². The molecule has 0 saturated heterocycles. The molecule has 0 saturated carbocycles. The fraction of sp³-hybridized carbons (Fsp3) is 0.250. The first-order valence-corrected chi connectivity index (χ1v) is 7.13. The number of aromatic nitrogens is 1. The number of phenolic OH excluding ortho intramolecular Hbond substituents is 1. The van der Waals surface area contributed by atoms with Crippen molar-refractivity contribution in [2.75, 3.05) is 0 Å². The lowest BCUT2D eigenvalue weighted by atomic mass is 10.1. The van der Waals surface area contributed by atoms with Crippen LogP contribution in [0.1, 0.15) is 29.3 Å². The third-order valence-corrected chi connectivity index (χ3v) is 3.38. The number of aryl methyl sites for hydroxylation is 1. The standard InChI is InChI=1S/C16H17ClN2O2/c1-11(2-3-12-4-6-14(20)7-5-12)19-16(21)13-8-9-18-15(17)10-13/h4-11,20H,2-3H2,1H3,(H,19,21). The third kappa shape index (κ3) is 4.76. The van der Waals surface area contributed by atoms with Gasteiger partial charge in [-0.3, -0.25) is 4.79 Å². The predicted octanol–water partition coefficient (Wildman–Crippen LogP) is 3.19. The van der Waals surface area contributed by atoms with Crippen molar-refractivity contribution in [1.29, 1.82) is 0 Å². The van der Waals surface area contributed by atoms with E-state index in [4.69, 9.17) is 11.6 Å². The molecule has 0 radical (unpaired) electrons. The number of rotatable bonds is 5. The van der Waals surface area contributed by atoms with E-state index in [1.165, 1.54) is 6.20 Å². The number of hydrogen-bond donors (Lipinski definition) is 2. The maximum absolute atomic E-state index is 12.0. The number of nitrogens with zero attached hydrogens (tertiary/aromatic N) is 1. The SMILES string of the molecule is CC(CCc1ccc(O)cc1)NC(=O)c1ccnc(Cl)c1. The first-order chi connectivity index (χ1) is 10.0. The molecule has 1 aromatic heterocycles. The van der Waals surface area contributed by atoms with Gasteiger partial charge in [0.05, 0.1) is 0 Å². The molecule has 4 nitrogen and oxygen atoms in total. The zero-order chi connectivity index (χ0) is 15.2. The Balaban J connectivity index is 1.85. The van der Waals surface area contributed by atoms with Gasteiger partial charge in [0, 0.05) is 17.8 Å². The van der Waals surface area contributed by atoms with Crippen LogP contribution in [0.25, 0.3) is 0 Å². The van der Waals surface area contributed by atoms with E-state index in [0.717, 1.165) is 18.4 Å². The van der Waals surface area contributed by atoms with Crippen LogP contribution in [-0.4, -0.2) is 22.0 Å². The van der Waals surface area contributed by atoms with Gasteiger partial charge in [-0.25, -0.2) is 4.98 Å². The fourth-order valence-corrected chi connectivity index (χ4v) is 2.14. The number of hydrogen-bond acceptors (Lipinski definition) is 3. The molecule has 2 aromatic rings. The Kier molecular flexibility index (Phi) is 5.17. The van der Waals surface area contributed by atoms with Gasteiger partial charge in [-0.05, 0) is 49.6 Å². The second-order valence-corrected chi connectivity index (χ2v) is 5.33. The average Bonchev–Trinajstić information content (AvgIpc) is 2.46. The van der Waals surface area contributed by atoms with Gasteiger partial charge in [0.1, 0.15) is 10.9 Å². The van der Waals surface area contributed by atoms with Gasteiger partial charge in [-0.15, -0.1) is 0 Å². The Bertz CT molecular complexity index is 614. The molecule has 5 heteroatoms. The summed E-state index contributed by atoms with van der Waals surface area (Å²) >= 11 is 5.77. The zero-order valence-corrected chi connectivity index (χ0v) is 12.5. The minimum Gasteiger partial charge on any atom is -0.508 e. The summed E-state index contributed by atoms with van der Waals surface area (Å²) in [5.41, 5.74) is 1.63. The number of phenols is 1. The number of carbonyl (C=O) groups excluding carboxylic acids is 1. The van der Waals surface area contributed by atoms with Crippen molar-refractivity contribution in [3.63, 3.8) is 0 Å². The molecule has 1 atom stereocenters. The van der Waals surface area contributed by atoms with Crippen molar-refractivity contribution < 1.29 is 9.90 Å². The normalized spacial score (nSPS) is 11.9. The topological polar surface area (TPSA) is 62.2 Å². The van der Waals surface area contributed by atoms with Crippen molar-refractivity contribution in [2.45, 2.75) is 25.8 Å². The van der Waals surface area contributed by atoms with Gasteiger partial charge < -0.3 is 10.4 Å². The summed E-state index contributed by atoms with van der Waals surface area (Å²) < 4.78 is 0. The molecule has 0 aliphatic carbocycles. The lowest BCUT2D eigenvalue weighted by Gasteiger charge is -2.14. The van der Waals surface area contributed by atoms with Crippen molar-refractivity contribution in [1.82, 2.24) is 10.3 Å². The molecule has 110 valence electrons. The van der Waals surface area contributed by atoms with Crippen LogP contribution in [-0.2, 0) is 6.42 Å². The fourth-order valence-electron chi connectivity index (χ4n) is 1.97. The molecule has 1 heterocycles. The van der Waals surface area contributed by atoms with E-state index in [2.05, 4.69) is 10.3 Å². The molecule has 2 N–H and O–H groups in total. The molecule has 0 spiro atoms. The monoisotopic (exact) mass is 304 g/mol. The Morgan fingerprint density at radius 1 is 1.33 bits per heavy atom. The highest BCUT2D eigenvalue weighted by molar-refractivity contribution is 6.29. The molecule has 0 fully saturated rings. The highest BCUT2D eigenvalue weighted by Crippen LogP contribution is 2.12. The van der Waals surface area contributed by atoms with E-state index in [9.17, 15) is 9.90 Å². The van der Waals surface area contributed by atoms with Crippen LogP contribution >= 0.6 is 11.6 Å². The Hall–Kier alpha value is -2.07. The first-order valence-electron chi connectivity index (χ1n) is 6.75. The summed E-state index contributed by atoms with van der Waals surface area (Å²) in [5.74, 6) is 0.104. The first kappa shape index (κ1) is 15.3. The summed E-state index contributed by atoms with van der Waals surface area (Å²) in [6.07, 6.45) is 3.16. The van der Waals surface area contributed by atoms with Crippen LogP contribution < -0.4 is 5.32 Å². The minimum absolute atomic E-state index is 0.0400. The van der Waals surface area contributed by atoms with Crippen LogP contribution in [0.4, 0.5) is 0 Å². The second kappa shape index (κ2) is 7.09. The van der Waals surface area contributed by atoms with Gasteiger partial charge in [0.15, 0.2) is 0 Å². The van der Waals surface area contributed by atoms with Crippen LogP contribution in [0, 0.1) is 0 Å². The van der Waals surface area contributed by atoms with Crippen LogP contribution in [0.2, 0.25) is 5.15 Å². The molecule has 1 unspecified atom stereocenters. The molecule has 2 rings (SSSR count). The molecule has 0 aliphatic heterocycles. The number of nitrogens with one attached hydrogen (secondary N) is 1. The van der Waals surface area contributed by atoms with Gasteiger partial charge in [-0.2, -0.15) is 0 Å². The summed E-state index contributed by atoms with van der Waals surface area (Å²) in [6.45, 7) is 1.96. The van der Waals surface area contributed by atoms with Crippen molar-refractivity contribution in [3.8, 4) is 5.75 Å².